The van der Waals surface area contributed by atoms with Crippen molar-refractivity contribution < 1.29 is 10.2 Å². The number of anilines is 1. The molecule has 4 N–H and O–H groups in total. The Morgan fingerprint density at radius 2 is 1.88 bits per heavy atom. The number of piperidine rings is 1. The molecule has 5 rings (SSSR count). The minimum Gasteiger partial charge on any atom is -0.383 e. The van der Waals surface area contributed by atoms with Gasteiger partial charge < -0.3 is 25.4 Å². The van der Waals surface area contributed by atoms with Gasteiger partial charge in [-0.2, -0.15) is 0 Å². The molecule has 7 nitrogen and oxygen atoms in total. The van der Waals surface area contributed by atoms with E-state index < -0.39 is 5.79 Å². The minimum absolute atomic E-state index is 0.534. The quantitative estimate of drug-likeness (QED) is 0.494. The highest BCUT2D eigenvalue weighted by atomic mass is 16.5. The summed E-state index contributed by atoms with van der Waals surface area (Å²) < 4.78 is 2.35. The predicted molar refractivity (Wildman–Crippen MR) is 128 cm³/mol. The van der Waals surface area contributed by atoms with Crippen LogP contribution in [-0.2, 0) is 0 Å². The van der Waals surface area contributed by atoms with E-state index in [0.717, 1.165) is 17.0 Å². The van der Waals surface area contributed by atoms with Crippen LogP contribution in [0.2, 0.25) is 0 Å². The van der Waals surface area contributed by atoms with Crippen LogP contribution in [0.5, 0.6) is 0 Å². The number of allylic oxidation sites excluding steroid dienone is 2. The summed E-state index contributed by atoms with van der Waals surface area (Å²) in [6.45, 7) is 5.13. The number of aliphatic hydroxyl groups is 2. The van der Waals surface area contributed by atoms with E-state index in [1.165, 1.54) is 78.3 Å². The molecule has 0 radical (unpaired) electrons. The van der Waals surface area contributed by atoms with Crippen molar-refractivity contribution in [2.75, 3.05) is 25.9 Å². The molecular weight excluding hydrogens is 402 g/mol. The van der Waals surface area contributed by atoms with Gasteiger partial charge in [0.05, 0.1) is 5.39 Å². The summed E-state index contributed by atoms with van der Waals surface area (Å²) in [4.78, 5) is 11.1. The summed E-state index contributed by atoms with van der Waals surface area (Å²) >= 11 is 0. The van der Waals surface area contributed by atoms with Crippen LogP contribution in [0.25, 0.3) is 11.0 Å². The van der Waals surface area contributed by atoms with Crippen molar-refractivity contribution in [1.29, 1.82) is 0 Å². The van der Waals surface area contributed by atoms with Crippen molar-refractivity contribution >= 4 is 16.9 Å². The average Bonchev–Trinajstić information content (AvgIpc) is 3.43. The standard InChI is InChI=1S/C22H31N5.C3H8O2/c1-26-11-8-22(9-12-26)7-2-3-17(22)13-16-4-5-18(14-16)27-10-6-19-20(23)24-15-25-21(19)27;1-3(2,4)5/h3,6,10,15-16,18H,2,4-5,7-9,11-14H2,1H3,(H2,23,24,25);4-5H,1-2H3. The van der Waals surface area contributed by atoms with Crippen molar-refractivity contribution in [2.45, 2.75) is 77.0 Å². The molecular formula is C25H39N5O2. The van der Waals surface area contributed by atoms with Gasteiger partial charge in [-0.05, 0) is 103 Å². The molecule has 2 aliphatic carbocycles. The second-order valence-corrected chi connectivity index (χ2v) is 10.6. The fourth-order valence-corrected chi connectivity index (χ4v) is 5.90. The molecule has 176 valence electrons. The number of likely N-dealkylation sites (tertiary alicyclic amines) is 1. The van der Waals surface area contributed by atoms with Gasteiger partial charge in [0, 0.05) is 12.2 Å². The summed E-state index contributed by atoms with van der Waals surface area (Å²) in [5.41, 5.74) is 9.35. The molecule has 1 saturated carbocycles. The molecule has 2 atom stereocenters. The van der Waals surface area contributed by atoms with E-state index in [9.17, 15) is 0 Å². The molecule has 0 aromatic carbocycles. The number of nitrogens with two attached hydrogens (primary N) is 1. The van der Waals surface area contributed by atoms with E-state index in [4.69, 9.17) is 15.9 Å². The Balaban J connectivity index is 0.000000444. The lowest BCUT2D eigenvalue weighted by atomic mass is 9.71. The lowest BCUT2D eigenvalue weighted by molar-refractivity contribution is -0.127. The molecule has 2 aromatic heterocycles. The van der Waals surface area contributed by atoms with Gasteiger partial charge in [0.15, 0.2) is 5.79 Å². The summed E-state index contributed by atoms with van der Waals surface area (Å²) in [6.07, 6.45) is 16.9. The number of aromatic nitrogens is 3. The predicted octanol–water partition coefficient (Wildman–Crippen LogP) is 3.88. The third kappa shape index (κ3) is 5.16. The third-order valence-corrected chi connectivity index (χ3v) is 7.59. The maximum Gasteiger partial charge on any atom is 0.156 e. The Kier molecular flexibility index (Phi) is 6.61. The highest BCUT2D eigenvalue weighted by Gasteiger charge is 2.40. The molecule has 3 heterocycles. The van der Waals surface area contributed by atoms with Crippen LogP contribution in [0.15, 0.2) is 30.2 Å². The second-order valence-electron chi connectivity index (χ2n) is 10.6. The zero-order valence-corrected chi connectivity index (χ0v) is 19.8. The van der Waals surface area contributed by atoms with E-state index in [1.54, 1.807) is 11.9 Å². The molecule has 32 heavy (non-hydrogen) atoms. The minimum atomic E-state index is -1.50. The number of hydrogen-bond acceptors (Lipinski definition) is 6. The Morgan fingerprint density at radius 1 is 1.16 bits per heavy atom. The van der Waals surface area contributed by atoms with Gasteiger partial charge in [0.2, 0.25) is 0 Å². The summed E-state index contributed by atoms with van der Waals surface area (Å²) in [5.74, 6) is -0.0962. The normalized spacial score (nSPS) is 25.7. The van der Waals surface area contributed by atoms with Gasteiger partial charge in [0.25, 0.3) is 0 Å². The molecule has 2 aromatic rings. The van der Waals surface area contributed by atoms with E-state index in [1.807, 2.05) is 0 Å². The second kappa shape index (κ2) is 9.12. The van der Waals surface area contributed by atoms with Gasteiger partial charge in [-0.15, -0.1) is 0 Å². The molecule has 0 amide bonds. The Morgan fingerprint density at radius 3 is 2.59 bits per heavy atom. The number of nitrogen functional groups attached to an aromatic ring is 1. The van der Waals surface area contributed by atoms with Gasteiger partial charge in [0.1, 0.15) is 17.8 Å². The summed E-state index contributed by atoms with van der Waals surface area (Å²) in [7, 11) is 2.27. The topological polar surface area (TPSA) is 100 Å². The van der Waals surface area contributed by atoms with Crippen LogP contribution in [0, 0.1) is 11.3 Å². The Hall–Kier alpha value is -1.96. The molecule has 2 unspecified atom stereocenters. The maximum atomic E-state index is 8.08. The molecule has 1 saturated heterocycles. The zero-order valence-electron chi connectivity index (χ0n) is 19.8. The molecule has 1 aliphatic heterocycles. The third-order valence-electron chi connectivity index (χ3n) is 7.59. The first kappa shape index (κ1) is 23.2. The lowest BCUT2D eigenvalue weighted by Crippen LogP contribution is -2.38. The van der Waals surface area contributed by atoms with Crippen LogP contribution >= 0.6 is 0 Å². The number of hydrogen-bond donors (Lipinski definition) is 3. The van der Waals surface area contributed by atoms with Crippen molar-refractivity contribution in [3.05, 3.63) is 30.2 Å². The van der Waals surface area contributed by atoms with Gasteiger partial charge in [-0.1, -0.05) is 11.6 Å². The zero-order chi connectivity index (χ0) is 22.9. The molecule has 1 spiro atoms. The van der Waals surface area contributed by atoms with Crippen molar-refractivity contribution in [1.82, 2.24) is 19.4 Å². The van der Waals surface area contributed by atoms with E-state index >= 15 is 0 Å². The molecule has 3 aliphatic rings. The van der Waals surface area contributed by atoms with Crippen molar-refractivity contribution in [2.24, 2.45) is 11.3 Å². The first-order valence-corrected chi connectivity index (χ1v) is 12.0. The highest BCUT2D eigenvalue weighted by Crippen LogP contribution is 2.51. The van der Waals surface area contributed by atoms with Crippen LogP contribution in [-0.4, -0.2) is 55.6 Å². The lowest BCUT2D eigenvalue weighted by Gasteiger charge is -2.41. The number of rotatable bonds is 3. The van der Waals surface area contributed by atoms with Gasteiger partial charge >= 0.3 is 0 Å². The maximum absolute atomic E-state index is 8.08. The first-order valence-electron chi connectivity index (χ1n) is 12.0. The largest absolute Gasteiger partial charge is 0.383 e. The summed E-state index contributed by atoms with van der Waals surface area (Å²) in [5, 5.41) is 17.1. The van der Waals surface area contributed by atoms with E-state index in [2.05, 4.69) is 44.8 Å². The van der Waals surface area contributed by atoms with Gasteiger partial charge in [-0.25, -0.2) is 9.97 Å². The molecule has 0 bridgehead atoms. The van der Waals surface area contributed by atoms with E-state index in [-0.39, 0.29) is 0 Å². The molecule has 2 fully saturated rings. The van der Waals surface area contributed by atoms with Crippen molar-refractivity contribution in [3.8, 4) is 0 Å². The Bertz CT molecular complexity index is 947. The average molecular weight is 442 g/mol. The van der Waals surface area contributed by atoms with Crippen LogP contribution < -0.4 is 5.73 Å². The molecule has 7 heteroatoms. The van der Waals surface area contributed by atoms with Crippen molar-refractivity contribution in [3.63, 3.8) is 0 Å². The SMILES string of the molecule is CC(C)(O)O.CN1CCC2(CCC=C2CC2CCC(n3ccc4c(N)ncnc43)C2)CC1. The van der Waals surface area contributed by atoms with Crippen LogP contribution in [0.3, 0.4) is 0 Å². The van der Waals surface area contributed by atoms with E-state index in [0.29, 0.717) is 17.3 Å². The summed E-state index contributed by atoms with van der Waals surface area (Å²) in [6, 6.07) is 2.63. The monoisotopic (exact) mass is 441 g/mol. The first-order chi connectivity index (χ1) is 15.1. The Labute approximate surface area is 191 Å². The fourth-order valence-electron chi connectivity index (χ4n) is 5.90. The number of fused-ring (bicyclic) bond motifs is 1. The van der Waals surface area contributed by atoms with Crippen LogP contribution in [0.4, 0.5) is 5.82 Å². The van der Waals surface area contributed by atoms with Gasteiger partial charge in [-0.3, -0.25) is 0 Å². The number of nitrogens with zero attached hydrogens (tertiary/aromatic N) is 4. The highest BCUT2D eigenvalue weighted by molar-refractivity contribution is 5.86. The smallest absolute Gasteiger partial charge is 0.156 e. The van der Waals surface area contributed by atoms with Crippen LogP contribution in [0.1, 0.15) is 71.3 Å². The fraction of sp³-hybridized carbons (Fsp3) is 0.680.